The third-order valence-electron chi connectivity index (χ3n) is 10.4. The minimum atomic E-state index is 0.621. The molecule has 0 bridgehead atoms. The van der Waals surface area contributed by atoms with Crippen molar-refractivity contribution in [2.24, 2.45) is 0 Å². The smallest absolute Gasteiger partial charge is 0.164 e. The van der Waals surface area contributed by atoms with Crippen LogP contribution < -0.4 is 0 Å². The Morgan fingerprint density at radius 1 is 0.436 bits per heavy atom. The summed E-state index contributed by atoms with van der Waals surface area (Å²) in [5, 5.41) is 1.29. The molecule has 0 unspecified atom stereocenters. The van der Waals surface area contributed by atoms with Crippen molar-refractivity contribution in [1.29, 1.82) is 0 Å². The van der Waals surface area contributed by atoms with Gasteiger partial charge >= 0.3 is 0 Å². The second kappa shape index (κ2) is 13.9. The molecule has 0 fully saturated rings. The van der Waals surface area contributed by atoms with Gasteiger partial charge in [0, 0.05) is 50.0 Å². The van der Waals surface area contributed by atoms with Crippen LogP contribution in [0, 0.1) is 12.1 Å². The Kier molecular flexibility index (Phi) is 8.16. The van der Waals surface area contributed by atoms with Crippen LogP contribution in [0.1, 0.15) is 17.7 Å². The number of hydrogen-bond donors (Lipinski definition) is 0. The van der Waals surface area contributed by atoms with Crippen molar-refractivity contribution in [1.82, 2.24) is 19.5 Å². The highest BCUT2D eigenvalue weighted by Crippen LogP contribution is 2.38. The zero-order valence-corrected chi connectivity index (χ0v) is 30.0. The summed E-state index contributed by atoms with van der Waals surface area (Å²) in [5.74, 6) is 1.89. The molecule has 7 aromatic carbocycles. The molecule has 9 aromatic rings. The predicted molar refractivity (Wildman–Crippen MR) is 224 cm³/mol. The lowest BCUT2D eigenvalue weighted by Crippen LogP contribution is -2.04. The van der Waals surface area contributed by atoms with Crippen molar-refractivity contribution in [3.8, 4) is 73.2 Å². The highest BCUT2D eigenvalue weighted by Gasteiger charge is 2.20. The average molecular weight is 703 g/mol. The molecule has 4 nitrogen and oxygen atoms in total. The van der Waals surface area contributed by atoms with Crippen LogP contribution in [-0.2, 0) is 6.42 Å². The number of benzene rings is 6. The van der Waals surface area contributed by atoms with Crippen LogP contribution in [0.2, 0.25) is 0 Å². The van der Waals surface area contributed by atoms with E-state index in [-0.39, 0.29) is 0 Å². The van der Waals surface area contributed by atoms with E-state index < -0.39 is 0 Å². The van der Waals surface area contributed by atoms with Gasteiger partial charge in [-0.15, -0.1) is 0 Å². The van der Waals surface area contributed by atoms with Crippen molar-refractivity contribution in [3.63, 3.8) is 0 Å². The Morgan fingerprint density at radius 2 is 1.00 bits per heavy atom. The van der Waals surface area contributed by atoms with Crippen LogP contribution in [0.25, 0.3) is 90.2 Å². The second-order valence-electron chi connectivity index (χ2n) is 13.7. The summed E-state index contributed by atoms with van der Waals surface area (Å²) in [6.07, 6.45) is 6.63. The van der Waals surface area contributed by atoms with Crippen LogP contribution in [0.15, 0.2) is 176 Å². The number of aromatic nitrogens is 4. The zero-order valence-electron chi connectivity index (χ0n) is 30.0. The molecule has 0 amide bonds. The first-order valence-corrected chi connectivity index (χ1v) is 18.7. The number of nitrogens with zero attached hydrogens (tertiary/aromatic N) is 4. The maximum absolute atomic E-state index is 5.07. The molecule has 1 aliphatic rings. The maximum atomic E-state index is 5.07. The van der Waals surface area contributed by atoms with Crippen molar-refractivity contribution < 1.29 is 0 Å². The van der Waals surface area contributed by atoms with Gasteiger partial charge in [-0.3, -0.25) is 0 Å². The molecule has 1 aliphatic carbocycles. The first-order chi connectivity index (χ1) is 27.3. The maximum Gasteiger partial charge on any atom is 0.164 e. The molecular formula is C51H34N4. The minimum Gasteiger partial charge on any atom is -0.312 e. The van der Waals surface area contributed by atoms with Crippen LogP contribution in [0.5, 0.6) is 0 Å². The van der Waals surface area contributed by atoms with Crippen molar-refractivity contribution in [2.45, 2.75) is 12.8 Å². The fourth-order valence-corrected chi connectivity index (χ4v) is 7.74. The van der Waals surface area contributed by atoms with E-state index in [1.54, 1.807) is 0 Å². The predicted octanol–water partition coefficient (Wildman–Crippen LogP) is 12.4. The lowest BCUT2D eigenvalue weighted by Gasteiger charge is -2.16. The lowest BCUT2D eigenvalue weighted by molar-refractivity contribution is 0.889. The van der Waals surface area contributed by atoms with Gasteiger partial charge in [0.2, 0.25) is 0 Å². The number of rotatable bonds is 7. The van der Waals surface area contributed by atoms with E-state index in [0.717, 1.165) is 68.6 Å². The van der Waals surface area contributed by atoms with Gasteiger partial charge in [-0.05, 0) is 53.8 Å². The van der Waals surface area contributed by atoms with Crippen molar-refractivity contribution in [2.75, 3.05) is 0 Å². The molecule has 2 aromatic heterocycles. The molecule has 0 N–H and O–H groups in total. The van der Waals surface area contributed by atoms with Crippen molar-refractivity contribution >= 4 is 17.0 Å². The van der Waals surface area contributed by atoms with E-state index >= 15 is 0 Å². The number of para-hydroxylation sites is 2. The molecule has 4 heteroatoms. The fraction of sp³-hybridized carbons (Fsp3) is 0.0392. The topological polar surface area (TPSA) is 43.6 Å². The van der Waals surface area contributed by atoms with Gasteiger partial charge in [-0.2, -0.15) is 0 Å². The number of allylic oxidation sites excluding steroid dienone is 1. The molecule has 10 rings (SSSR count). The lowest BCUT2D eigenvalue weighted by atomic mass is 9.99. The fourth-order valence-electron chi connectivity index (χ4n) is 7.74. The summed E-state index contributed by atoms with van der Waals surface area (Å²) >= 11 is 0. The van der Waals surface area contributed by atoms with Crippen LogP contribution in [0.4, 0.5) is 0 Å². The first kappa shape index (κ1) is 32.3. The summed E-state index contributed by atoms with van der Waals surface area (Å²) in [4.78, 5) is 15.1. The monoisotopic (exact) mass is 702 g/mol. The Hall–Kier alpha value is -7.35. The summed E-state index contributed by atoms with van der Waals surface area (Å²) in [7, 11) is 0. The van der Waals surface area contributed by atoms with Crippen molar-refractivity contribution in [3.05, 3.63) is 199 Å². The normalized spacial score (nSPS) is 12.0. The van der Waals surface area contributed by atoms with Gasteiger partial charge in [0.05, 0.1) is 11.2 Å². The molecule has 0 spiro atoms. The average Bonchev–Trinajstić information content (AvgIpc) is 3.61. The molecule has 0 aliphatic heterocycles. The quantitative estimate of drug-likeness (QED) is 0.166. The minimum absolute atomic E-state index is 0.621. The Labute approximate surface area is 320 Å². The molecule has 2 heterocycles. The number of hydrogen-bond acceptors (Lipinski definition) is 3. The summed E-state index contributed by atoms with van der Waals surface area (Å²) < 4.78 is 2.44. The standard InChI is InChI=1S/C51H34N4/c1-3-15-37(16-4-1)41-19-7-8-23-45(41)51-53-49(39-17-5-2-6-18-39)52-50(54-51)40-33-29-36(30-34-40)35-27-31-38(32-28-35)42-20-9-12-24-46(42)55-47-25-13-10-21-43(47)44-22-11-14-26-48(44)55/h1-13,15-25,27,29-31,33-34H,14,26H2. The van der Waals surface area contributed by atoms with Crippen LogP contribution in [0.3, 0.4) is 0 Å². The summed E-state index contributed by atoms with van der Waals surface area (Å²) in [6, 6.07) is 65.8. The molecule has 0 radical (unpaired) electrons. The Morgan fingerprint density at radius 3 is 1.75 bits per heavy atom. The van der Waals surface area contributed by atoms with Gasteiger partial charge in [0.25, 0.3) is 0 Å². The molecule has 0 saturated carbocycles. The molecule has 0 atom stereocenters. The van der Waals surface area contributed by atoms with E-state index in [9.17, 15) is 0 Å². The highest BCUT2D eigenvalue weighted by molar-refractivity contribution is 5.94. The van der Waals surface area contributed by atoms with E-state index in [4.69, 9.17) is 15.0 Å². The third-order valence-corrected chi connectivity index (χ3v) is 10.4. The first-order valence-electron chi connectivity index (χ1n) is 18.7. The number of fused-ring (bicyclic) bond motifs is 3. The van der Waals surface area contributed by atoms with Gasteiger partial charge in [-0.25, -0.2) is 15.0 Å². The summed E-state index contributed by atoms with van der Waals surface area (Å²) in [5.41, 5.74) is 14.2. The molecule has 55 heavy (non-hydrogen) atoms. The largest absolute Gasteiger partial charge is 0.312 e. The van der Waals surface area contributed by atoms with E-state index in [1.165, 1.54) is 22.2 Å². The second-order valence-corrected chi connectivity index (χ2v) is 13.7. The van der Waals surface area contributed by atoms with Gasteiger partial charge in [0.15, 0.2) is 17.5 Å². The Bertz CT molecular complexity index is 2830. The highest BCUT2D eigenvalue weighted by atomic mass is 15.0. The van der Waals surface area contributed by atoms with Crippen LogP contribution >= 0.6 is 0 Å². The van der Waals surface area contributed by atoms with E-state index in [1.807, 2.05) is 42.5 Å². The SMILES string of the molecule is c1c(-c2ccc(-c3nc(-c4ccccc4)nc(-c4ccccc4-c4ccccc4)n3)cc2)ccc(-c2ccccc2-n2c3c(c4ccccc42)C=CCC3)c#1. The molecule has 258 valence electrons. The Balaban J connectivity index is 0.995. The molecular weight excluding hydrogens is 669 g/mol. The third kappa shape index (κ3) is 5.99. The summed E-state index contributed by atoms with van der Waals surface area (Å²) in [6.45, 7) is 0. The van der Waals surface area contributed by atoms with E-state index in [0.29, 0.717) is 17.5 Å². The van der Waals surface area contributed by atoms with Gasteiger partial charge in [-0.1, -0.05) is 170 Å². The van der Waals surface area contributed by atoms with Gasteiger partial charge < -0.3 is 4.57 Å². The van der Waals surface area contributed by atoms with E-state index in [2.05, 4.69) is 156 Å². The molecule has 0 saturated heterocycles. The van der Waals surface area contributed by atoms with Gasteiger partial charge in [0.1, 0.15) is 0 Å². The van der Waals surface area contributed by atoms with Crippen LogP contribution in [-0.4, -0.2) is 19.5 Å². The zero-order chi connectivity index (χ0) is 36.6.